The largest absolute Gasteiger partial charge is 0.508 e. The Morgan fingerprint density at radius 1 is 0.958 bits per heavy atom. The van der Waals surface area contributed by atoms with Gasteiger partial charge in [0.15, 0.2) is 0 Å². The fraction of sp³-hybridized carbons (Fsp3) is 0.0526. The van der Waals surface area contributed by atoms with Crippen molar-refractivity contribution < 1.29 is 15.0 Å². The Kier molecular flexibility index (Phi) is 4.43. The number of aromatic hydroxyl groups is 2. The Morgan fingerprint density at radius 2 is 1.75 bits per heavy atom. The molecule has 0 aliphatic carbocycles. The molecule has 0 saturated carbocycles. The van der Waals surface area contributed by atoms with Crippen molar-refractivity contribution in [1.82, 2.24) is 10.3 Å². The molecule has 3 rings (SSSR count). The number of carbonyl (C=O) groups is 1. The minimum Gasteiger partial charge on any atom is -0.508 e. The number of phenolic OH excluding ortho intramolecular Hbond substituents is 2. The van der Waals surface area contributed by atoms with Gasteiger partial charge in [-0.3, -0.25) is 9.78 Å². The molecular formula is C19H16N2O3. The minimum atomic E-state index is -0.371. The number of hydrogen-bond acceptors (Lipinski definition) is 4. The number of pyridine rings is 1. The summed E-state index contributed by atoms with van der Waals surface area (Å²) in [6.07, 6.45) is 1.73. The summed E-state index contributed by atoms with van der Waals surface area (Å²) in [6, 6.07) is 17.2. The molecule has 0 atom stereocenters. The Labute approximate surface area is 139 Å². The molecule has 3 N–H and O–H groups in total. The molecule has 1 heterocycles. The highest BCUT2D eigenvalue weighted by atomic mass is 16.3. The Morgan fingerprint density at radius 3 is 2.46 bits per heavy atom. The average Bonchev–Trinajstić information content (AvgIpc) is 2.60. The van der Waals surface area contributed by atoms with Crippen LogP contribution in [0.2, 0.25) is 0 Å². The monoisotopic (exact) mass is 320 g/mol. The summed E-state index contributed by atoms with van der Waals surface area (Å²) < 4.78 is 0. The Balaban J connectivity index is 1.72. The van der Waals surface area contributed by atoms with Crippen LogP contribution >= 0.6 is 0 Å². The van der Waals surface area contributed by atoms with Crippen molar-refractivity contribution in [2.24, 2.45) is 0 Å². The molecule has 2 aromatic carbocycles. The molecule has 0 fully saturated rings. The normalized spacial score (nSPS) is 10.3. The van der Waals surface area contributed by atoms with Gasteiger partial charge < -0.3 is 15.5 Å². The van der Waals surface area contributed by atoms with Crippen molar-refractivity contribution >= 4 is 5.91 Å². The second kappa shape index (κ2) is 6.83. The number of carbonyl (C=O) groups excluding carboxylic acids is 1. The lowest BCUT2D eigenvalue weighted by molar-refractivity contribution is 0.0950. The zero-order chi connectivity index (χ0) is 16.9. The Hall–Kier alpha value is -3.34. The maximum absolute atomic E-state index is 12.1. The highest BCUT2D eigenvalue weighted by Crippen LogP contribution is 2.21. The third kappa shape index (κ3) is 3.70. The quantitative estimate of drug-likeness (QED) is 0.690. The van der Waals surface area contributed by atoms with E-state index >= 15 is 0 Å². The Bertz CT molecular complexity index is 843. The van der Waals surface area contributed by atoms with Gasteiger partial charge in [0.25, 0.3) is 5.91 Å². The van der Waals surface area contributed by atoms with Crippen LogP contribution < -0.4 is 5.32 Å². The fourth-order valence-corrected chi connectivity index (χ4v) is 2.38. The number of nitrogens with zero attached hydrogens (tertiary/aromatic N) is 1. The molecular weight excluding hydrogens is 304 g/mol. The van der Waals surface area contributed by atoms with E-state index in [1.165, 1.54) is 18.2 Å². The van der Waals surface area contributed by atoms with Crippen LogP contribution in [0.15, 0.2) is 66.9 Å². The van der Waals surface area contributed by atoms with E-state index in [2.05, 4.69) is 10.3 Å². The summed E-state index contributed by atoms with van der Waals surface area (Å²) in [5.41, 5.74) is 2.96. The molecule has 0 spiro atoms. The van der Waals surface area contributed by atoms with E-state index in [-0.39, 0.29) is 23.0 Å². The molecule has 0 aliphatic heterocycles. The average molecular weight is 320 g/mol. The number of hydrogen-bond donors (Lipinski definition) is 3. The van der Waals surface area contributed by atoms with Crippen LogP contribution in [0.5, 0.6) is 11.5 Å². The van der Waals surface area contributed by atoms with Gasteiger partial charge in [-0.2, -0.15) is 0 Å². The third-order valence-electron chi connectivity index (χ3n) is 3.51. The molecule has 120 valence electrons. The molecule has 3 aromatic rings. The number of aromatic nitrogens is 1. The first-order valence-corrected chi connectivity index (χ1v) is 7.43. The van der Waals surface area contributed by atoms with Crippen molar-refractivity contribution in [2.75, 3.05) is 0 Å². The predicted octanol–water partition coefficient (Wildman–Crippen LogP) is 3.09. The topological polar surface area (TPSA) is 82.5 Å². The van der Waals surface area contributed by atoms with Crippen LogP contribution in [0.3, 0.4) is 0 Å². The molecule has 1 amide bonds. The van der Waals surface area contributed by atoms with E-state index in [1.54, 1.807) is 6.20 Å². The first-order valence-electron chi connectivity index (χ1n) is 7.43. The van der Waals surface area contributed by atoms with Crippen LogP contribution in [0, 0.1) is 0 Å². The van der Waals surface area contributed by atoms with Gasteiger partial charge in [-0.15, -0.1) is 0 Å². The van der Waals surface area contributed by atoms with E-state index in [9.17, 15) is 15.0 Å². The molecule has 0 saturated heterocycles. The van der Waals surface area contributed by atoms with Crippen LogP contribution in [0.25, 0.3) is 11.3 Å². The highest BCUT2D eigenvalue weighted by Gasteiger charge is 2.08. The SMILES string of the molecule is O=C(NCc1cccc(-c2ccccn2)c1)c1cc(O)cc(O)c1. The molecule has 24 heavy (non-hydrogen) atoms. The van der Waals surface area contributed by atoms with Crippen LogP contribution in [0.1, 0.15) is 15.9 Å². The fourth-order valence-electron chi connectivity index (χ4n) is 2.38. The van der Waals surface area contributed by atoms with Gasteiger partial charge in [0.1, 0.15) is 11.5 Å². The lowest BCUT2D eigenvalue weighted by Crippen LogP contribution is -2.22. The smallest absolute Gasteiger partial charge is 0.251 e. The number of phenols is 2. The summed E-state index contributed by atoms with van der Waals surface area (Å²) >= 11 is 0. The van der Waals surface area contributed by atoms with Gasteiger partial charge >= 0.3 is 0 Å². The summed E-state index contributed by atoms with van der Waals surface area (Å²) in [5.74, 6) is -0.681. The second-order valence-electron chi connectivity index (χ2n) is 5.34. The first kappa shape index (κ1) is 15.6. The maximum atomic E-state index is 12.1. The van der Waals surface area contributed by atoms with Gasteiger partial charge in [-0.05, 0) is 35.9 Å². The first-order chi connectivity index (χ1) is 11.6. The van der Waals surface area contributed by atoms with E-state index in [1.807, 2.05) is 42.5 Å². The molecule has 0 bridgehead atoms. The van der Waals surface area contributed by atoms with Crippen molar-refractivity contribution in [2.45, 2.75) is 6.54 Å². The van der Waals surface area contributed by atoms with E-state index < -0.39 is 0 Å². The lowest BCUT2D eigenvalue weighted by atomic mass is 10.1. The predicted molar refractivity (Wildman–Crippen MR) is 90.6 cm³/mol. The number of nitrogens with one attached hydrogen (secondary N) is 1. The van der Waals surface area contributed by atoms with E-state index in [0.29, 0.717) is 6.54 Å². The number of rotatable bonds is 4. The van der Waals surface area contributed by atoms with Crippen molar-refractivity contribution in [3.05, 3.63) is 78.0 Å². The van der Waals surface area contributed by atoms with Gasteiger partial charge in [-0.1, -0.05) is 24.3 Å². The number of amides is 1. The standard InChI is InChI=1S/C19H16N2O3/c22-16-9-15(10-17(23)11-16)19(24)21-12-13-4-3-5-14(8-13)18-6-1-2-7-20-18/h1-11,22-23H,12H2,(H,21,24). The van der Waals surface area contributed by atoms with E-state index in [0.717, 1.165) is 16.8 Å². The molecule has 0 aliphatic rings. The van der Waals surface area contributed by atoms with Crippen molar-refractivity contribution in [1.29, 1.82) is 0 Å². The molecule has 0 unspecified atom stereocenters. The van der Waals surface area contributed by atoms with Crippen LogP contribution in [-0.2, 0) is 6.54 Å². The van der Waals surface area contributed by atoms with Crippen molar-refractivity contribution in [3.63, 3.8) is 0 Å². The maximum Gasteiger partial charge on any atom is 0.251 e. The second-order valence-corrected chi connectivity index (χ2v) is 5.34. The van der Waals surface area contributed by atoms with Crippen LogP contribution in [0.4, 0.5) is 0 Å². The summed E-state index contributed by atoms with van der Waals surface area (Å²) in [4.78, 5) is 16.4. The van der Waals surface area contributed by atoms with E-state index in [4.69, 9.17) is 0 Å². The van der Waals surface area contributed by atoms with Gasteiger partial charge in [-0.25, -0.2) is 0 Å². The molecule has 0 radical (unpaired) electrons. The molecule has 5 nitrogen and oxygen atoms in total. The summed E-state index contributed by atoms with van der Waals surface area (Å²) in [6.45, 7) is 0.329. The zero-order valence-electron chi connectivity index (χ0n) is 12.8. The van der Waals surface area contributed by atoms with Gasteiger partial charge in [0.2, 0.25) is 0 Å². The molecule has 1 aromatic heterocycles. The van der Waals surface area contributed by atoms with Crippen LogP contribution in [-0.4, -0.2) is 21.1 Å². The zero-order valence-corrected chi connectivity index (χ0v) is 12.8. The minimum absolute atomic E-state index is 0.155. The van der Waals surface area contributed by atoms with Gasteiger partial charge in [0.05, 0.1) is 5.69 Å². The van der Waals surface area contributed by atoms with Crippen molar-refractivity contribution in [3.8, 4) is 22.8 Å². The third-order valence-corrected chi connectivity index (χ3v) is 3.51. The number of benzene rings is 2. The highest BCUT2D eigenvalue weighted by molar-refractivity contribution is 5.95. The van der Waals surface area contributed by atoms with Gasteiger partial charge in [0, 0.05) is 29.9 Å². The lowest BCUT2D eigenvalue weighted by Gasteiger charge is -2.08. The molecule has 5 heteroatoms. The summed E-state index contributed by atoms with van der Waals surface area (Å²) in [7, 11) is 0. The summed E-state index contributed by atoms with van der Waals surface area (Å²) in [5, 5.41) is 21.7.